The first-order valence-electron chi connectivity index (χ1n) is 7.39. The molecule has 0 spiro atoms. The van der Waals surface area contributed by atoms with Gasteiger partial charge in [0, 0.05) is 5.69 Å². The number of hydrogen-bond donors (Lipinski definition) is 2. The highest BCUT2D eigenvalue weighted by Crippen LogP contribution is 2.23. The Morgan fingerprint density at radius 1 is 0.920 bits per heavy atom. The number of anilines is 2. The number of ether oxygens (including phenoxy) is 1. The maximum atomic E-state index is 12.1. The van der Waals surface area contributed by atoms with Crippen molar-refractivity contribution in [3.05, 3.63) is 58.1 Å². The number of hydrogen-bond acceptors (Lipinski definition) is 4. The summed E-state index contributed by atoms with van der Waals surface area (Å²) in [6.07, 6.45) is 0. The Hall–Kier alpha value is -2.86. The second-order valence-electron chi connectivity index (χ2n) is 5.41. The Balaban J connectivity index is 2.13. The fourth-order valence-corrected chi connectivity index (χ4v) is 2.34. The smallest absolute Gasteiger partial charge is 0.337 e. The molecule has 0 bridgehead atoms. The molecule has 0 fully saturated rings. The molecule has 0 saturated heterocycles. The summed E-state index contributed by atoms with van der Waals surface area (Å²) in [6, 6.07) is 9.68. The van der Waals surface area contributed by atoms with Gasteiger partial charge in [-0.2, -0.15) is 0 Å². The van der Waals surface area contributed by atoms with Crippen LogP contribution in [0.15, 0.2) is 36.4 Å². The number of amides is 2. The molecule has 0 heterocycles. The van der Waals surface area contributed by atoms with Crippen molar-refractivity contribution >= 4 is 40.8 Å². The van der Waals surface area contributed by atoms with Crippen molar-refractivity contribution in [3.8, 4) is 0 Å². The number of esters is 1. The number of carbonyl (C=O) groups excluding carboxylic acids is 3. The monoisotopic (exact) mass is 360 g/mol. The van der Waals surface area contributed by atoms with E-state index in [-0.39, 0.29) is 16.3 Å². The lowest BCUT2D eigenvalue weighted by Gasteiger charge is -2.11. The van der Waals surface area contributed by atoms with E-state index in [4.69, 9.17) is 11.6 Å². The van der Waals surface area contributed by atoms with Crippen LogP contribution in [0.25, 0.3) is 0 Å². The molecule has 0 aromatic heterocycles. The van der Waals surface area contributed by atoms with Gasteiger partial charge in [0.1, 0.15) is 0 Å². The lowest BCUT2D eigenvalue weighted by molar-refractivity contribution is -0.133. The molecule has 7 heteroatoms. The Labute approximate surface area is 150 Å². The Morgan fingerprint density at radius 3 is 2.16 bits per heavy atom. The number of methoxy groups -OCH3 is 1. The molecule has 2 aromatic carbocycles. The van der Waals surface area contributed by atoms with Crippen molar-refractivity contribution in [2.75, 3.05) is 17.7 Å². The molecule has 0 unspecified atom stereocenters. The highest BCUT2D eigenvalue weighted by molar-refractivity contribution is 6.45. The number of nitrogens with one attached hydrogen (secondary N) is 2. The van der Waals surface area contributed by atoms with Crippen LogP contribution in [0.5, 0.6) is 0 Å². The summed E-state index contributed by atoms with van der Waals surface area (Å²) >= 11 is 6.00. The minimum atomic E-state index is -0.899. The van der Waals surface area contributed by atoms with E-state index in [0.717, 1.165) is 11.1 Å². The second-order valence-corrected chi connectivity index (χ2v) is 5.82. The van der Waals surface area contributed by atoms with Gasteiger partial charge in [-0.1, -0.05) is 29.3 Å². The van der Waals surface area contributed by atoms with Gasteiger partial charge in [0.2, 0.25) is 0 Å². The van der Waals surface area contributed by atoms with Gasteiger partial charge in [-0.15, -0.1) is 0 Å². The van der Waals surface area contributed by atoms with Crippen LogP contribution in [0.2, 0.25) is 5.02 Å². The van der Waals surface area contributed by atoms with Crippen molar-refractivity contribution in [1.82, 2.24) is 0 Å². The fourth-order valence-electron chi connectivity index (χ4n) is 2.18. The quantitative estimate of drug-likeness (QED) is 0.649. The van der Waals surface area contributed by atoms with Gasteiger partial charge in [0.15, 0.2) is 0 Å². The molecule has 0 atom stereocenters. The number of halogens is 1. The van der Waals surface area contributed by atoms with Crippen molar-refractivity contribution in [3.63, 3.8) is 0 Å². The zero-order valence-corrected chi connectivity index (χ0v) is 14.7. The molecule has 2 aromatic rings. The normalized spacial score (nSPS) is 10.1. The molecule has 0 aliphatic rings. The number of rotatable bonds is 3. The summed E-state index contributed by atoms with van der Waals surface area (Å²) in [6.45, 7) is 3.76. The van der Waals surface area contributed by atoms with Gasteiger partial charge >= 0.3 is 17.8 Å². The first kappa shape index (κ1) is 18.5. The second kappa shape index (κ2) is 7.81. The van der Waals surface area contributed by atoms with Crippen LogP contribution < -0.4 is 10.6 Å². The summed E-state index contributed by atoms with van der Waals surface area (Å²) in [5, 5.41) is 5.12. The van der Waals surface area contributed by atoms with Gasteiger partial charge in [0.05, 0.1) is 23.4 Å². The average molecular weight is 361 g/mol. The summed E-state index contributed by atoms with van der Waals surface area (Å²) in [5.41, 5.74) is 2.78. The van der Waals surface area contributed by atoms with E-state index in [0.29, 0.717) is 5.69 Å². The van der Waals surface area contributed by atoms with Crippen LogP contribution in [0.4, 0.5) is 11.4 Å². The van der Waals surface area contributed by atoms with Crippen LogP contribution in [-0.4, -0.2) is 24.9 Å². The SMILES string of the molecule is COC(=O)c1ccc(Cl)c(NC(=O)C(=O)Nc2ccc(C)cc2C)c1. The average Bonchev–Trinajstić information content (AvgIpc) is 2.58. The maximum Gasteiger partial charge on any atom is 0.337 e. The van der Waals surface area contributed by atoms with Gasteiger partial charge in [0.25, 0.3) is 0 Å². The minimum Gasteiger partial charge on any atom is -0.465 e. The van der Waals surface area contributed by atoms with Crippen LogP contribution in [0, 0.1) is 13.8 Å². The van der Waals surface area contributed by atoms with Gasteiger partial charge in [-0.05, 0) is 43.7 Å². The number of carbonyl (C=O) groups is 3. The lowest BCUT2D eigenvalue weighted by atomic mass is 10.1. The molecular weight excluding hydrogens is 344 g/mol. The fraction of sp³-hybridized carbons (Fsp3) is 0.167. The van der Waals surface area contributed by atoms with E-state index >= 15 is 0 Å². The molecule has 0 saturated carbocycles. The Bertz CT molecular complexity index is 849. The maximum absolute atomic E-state index is 12.1. The van der Waals surface area contributed by atoms with E-state index in [2.05, 4.69) is 15.4 Å². The van der Waals surface area contributed by atoms with E-state index < -0.39 is 17.8 Å². The van der Waals surface area contributed by atoms with Crippen molar-refractivity contribution < 1.29 is 19.1 Å². The third kappa shape index (κ3) is 4.58. The number of benzene rings is 2. The lowest BCUT2D eigenvalue weighted by Crippen LogP contribution is -2.29. The van der Waals surface area contributed by atoms with Crippen LogP contribution in [-0.2, 0) is 14.3 Å². The summed E-state index contributed by atoms with van der Waals surface area (Å²) in [7, 11) is 1.24. The minimum absolute atomic E-state index is 0.144. The van der Waals surface area contributed by atoms with E-state index in [1.165, 1.54) is 25.3 Å². The number of aryl methyl sites for hydroxylation is 2. The Kier molecular flexibility index (Phi) is 5.77. The van der Waals surface area contributed by atoms with E-state index in [1.807, 2.05) is 26.0 Å². The molecule has 6 nitrogen and oxygen atoms in total. The van der Waals surface area contributed by atoms with Crippen LogP contribution >= 0.6 is 11.6 Å². The van der Waals surface area contributed by atoms with Crippen molar-refractivity contribution in [2.45, 2.75) is 13.8 Å². The third-order valence-corrected chi connectivity index (χ3v) is 3.80. The highest BCUT2D eigenvalue weighted by Gasteiger charge is 2.17. The summed E-state index contributed by atoms with van der Waals surface area (Å²) in [4.78, 5) is 35.7. The predicted octanol–water partition coefficient (Wildman–Crippen LogP) is 3.32. The highest BCUT2D eigenvalue weighted by atomic mass is 35.5. The first-order valence-corrected chi connectivity index (χ1v) is 7.77. The standard InChI is InChI=1S/C18H17ClN2O4/c1-10-4-7-14(11(2)8-10)20-16(22)17(23)21-15-9-12(18(24)25-3)5-6-13(15)19/h4-9H,1-3H3,(H,20,22)(H,21,23). The van der Waals surface area contributed by atoms with E-state index in [9.17, 15) is 14.4 Å². The largest absolute Gasteiger partial charge is 0.465 e. The molecule has 25 heavy (non-hydrogen) atoms. The molecule has 0 radical (unpaired) electrons. The van der Waals surface area contributed by atoms with E-state index in [1.54, 1.807) is 6.07 Å². The summed E-state index contributed by atoms with van der Waals surface area (Å²) in [5.74, 6) is -2.32. The molecular formula is C18H17ClN2O4. The molecule has 2 amide bonds. The predicted molar refractivity (Wildman–Crippen MR) is 96.0 cm³/mol. The zero-order chi connectivity index (χ0) is 18.6. The molecule has 2 rings (SSSR count). The van der Waals surface area contributed by atoms with Crippen molar-refractivity contribution in [2.24, 2.45) is 0 Å². The molecule has 0 aliphatic heterocycles. The van der Waals surface area contributed by atoms with Gasteiger partial charge in [-0.3, -0.25) is 9.59 Å². The van der Waals surface area contributed by atoms with Gasteiger partial charge in [-0.25, -0.2) is 4.79 Å². The topological polar surface area (TPSA) is 84.5 Å². The Morgan fingerprint density at radius 2 is 1.56 bits per heavy atom. The zero-order valence-electron chi connectivity index (χ0n) is 14.0. The van der Waals surface area contributed by atoms with Crippen LogP contribution in [0.1, 0.15) is 21.5 Å². The van der Waals surface area contributed by atoms with Gasteiger partial charge < -0.3 is 15.4 Å². The van der Waals surface area contributed by atoms with Crippen molar-refractivity contribution in [1.29, 1.82) is 0 Å². The van der Waals surface area contributed by atoms with Crippen LogP contribution in [0.3, 0.4) is 0 Å². The molecule has 0 aliphatic carbocycles. The third-order valence-electron chi connectivity index (χ3n) is 3.47. The first-order chi connectivity index (χ1) is 11.8. The molecule has 130 valence electrons. The molecule has 2 N–H and O–H groups in total. The summed E-state index contributed by atoms with van der Waals surface area (Å²) < 4.78 is 4.61.